The zero-order chi connectivity index (χ0) is 14.4. The predicted molar refractivity (Wildman–Crippen MR) is 79.4 cm³/mol. The lowest BCUT2D eigenvalue weighted by Gasteiger charge is -2.09. The largest absolute Gasteiger partial charge is 0.490 e. The van der Waals surface area contributed by atoms with Crippen molar-refractivity contribution in [3.8, 4) is 11.5 Å². The standard InChI is InChI=1S/C15H15BrFNO2/c16-12-7-13(17)9-15(8-12)20-6-5-19-14-3-1-11(10-18)2-4-14/h1-4,7-9H,5-6,10,18H2. The maximum Gasteiger partial charge on any atom is 0.128 e. The monoisotopic (exact) mass is 339 g/mol. The lowest BCUT2D eigenvalue weighted by Crippen LogP contribution is -2.09. The van der Waals surface area contributed by atoms with Crippen molar-refractivity contribution in [1.29, 1.82) is 0 Å². The molecule has 5 heteroatoms. The molecule has 20 heavy (non-hydrogen) atoms. The summed E-state index contributed by atoms with van der Waals surface area (Å²) in [6.45, 7) is 1.24. The van der Waals surface area contributed by atoms with E-state index >= 15 is 0 Å². The minimum absolute atomic E-state index is 0.340. The molecule has 0 aliphatic carbocycles. The van der Waals surface area contributed by atoms with E-state index in [4.69, 9.17) is 15.2 Å². The number of halogens is 2. The van der Waals surface area contributed by atoms with Crippen LogP contribution in [0.1, 0.15) is 5.56 Å². The van der Waals surface area contributed by atoms with E-state index in [9.17, 15) is 4.39 Å². The highest BCUT2D eigenvalue weighted by molar-refractivity contribution is 9.10. The fraction of sp³-hybridized carbons (Fsp3) is 0.200. The molecule has 3 nitrogen and oxygen atoms in total. The molecular weight excluding hydrogens is 325 g/mol. The molecule has 0 aliphatic rings. The molecule has 0 amide bonds. The molecule has 2 rings (SSSR count). The molecule has 0 fully saturated rings. The van der Waals surface area contributed by atoms with Gasteiger partial charge in [-0.3, -0.25) is 0 Å². The van der Waals surface area contributed by atoms with Gasteiger partial charge in [0.1, 0.15) is 30.5 Å². The van der Waals surface area contributed by atoms with E-state index in [0.29, 0.717) is 30.0 Å². The first kappa shape index (κ1) is 14.8. The zero-order valence-corrected chi connectivity index (χ0v) is 12.4. The molecule has 2 aromatic rings. The SMILES string of the molecule is NCc1ccc(OCCOc2cc(F)cc(Br)c2)cc1. The topological polar surface area (TPSA) is 44.5 Å². The Labute approximate surface area is 125 Å². The highest BCUT2D eigenvalue weighted by Crippen LogP contribution is 2.20. The van der Waals surface area contributed by atoms with Crippen LogP contribution in [0.15, 0.2) is 46.9 Å². The van der Waals surface area contributed by atoms with Crippen molar-refractivity contribution in [2.75, 3.05) is 13.2 Å². The molecule has 0 atom stereocenters. The Morgan fingerprint density at radius 3 is 2.20 bits per heavy atom. The summed E-state index contributed by atoms with van der Waals surface area (Å²) >= 11 is 3.21. The molecule has 0 bridgehead atoms. The van der Waals surface area contributed by atoms with E-state index in [1.165, 1.54) is 12.1 Å². The second kappa shape index (κ2) is 7.26. The lowest BCUT2D eigenvalue weighted by atomic mass is 10.2. The van der Waals surface area contributed by atoms with Crippen LogP contribution in [0.25, 0.3) is 0 Å². The summed E-state index contributed by atoms with van der Waals surface area (Å²) in [6, 6.07) is 12.0. The van der Waals surface area contributed by atoms with Gasteiger partial charge in [-0.1, -0.05) is 28.1 Å². The molecule has 106 valence electrons. The van der Waals surface area contributed by atoms with E-state index in [2.05, 4.69) is 15.9 Å². The average Bonchev–Trinajstić information content (AvgIpc) is 2.43. The number of rotatable bonds is 6. The van der Waals surface area contributed by atoms with Gasteiger partial charge < -0.3 is 15.2 Å². The van der Waals surface area contributed by atoms with Gasteiger partial charge in [0.25, 0.3) is 0 Å². The minimum Gasteiger partial charge on any atom is -0.490 e. The Morgan fingerprint density at radius 2 is 1.60 bits per heavy atom. The first-order chi connectivity index (χ1) is 9.67. The Balaban J connectivity index is 1.78. The van der Waals surface area contributed by atoms with E-state index in [0.717, 1.165) is 11.3 Å². The minimum atomic E-state index is -0.340. The Hall–Kier alpha value is -1.59. The summed E-state index contributed by atoms with van der Waals surface area (Å²) in [6.07, 6.45) is 0. The smallest absolute Gasteiger partial charge is 0.128 e. The van der Waals surface area contributed by atoms with Gasteiger partial charge in [-0.2, -0.15) is 0 Å². The first-order valence-corrected chi connectivity index (χ1v) is 6.97. The van der Waals surface area contributed by atoms with Crippen LogP contribution in [0.5, 0.6) is 11.5 Å². The van der Waals surface area contributed by atoms with E-state index in [-0.39, 0.29) is 5.82 Å². The summed E-state index contributed by atoms with van der Waals surface area (Å²) in [5.41, 5.74) is 6.57. The molecule has 2 N–H and O–H groups in total. The molecule has 0 heterocycles. The average molecular weight is 340 g/mol. The summed E-state index contributed by atoms with van der Waals surface area (Å²) in [4.78, 5) is 0. The number of benzene rings is 2. The van der Waals surface area contributed by atoms with Crippen molar-refractivity contribution in [1.82, 2.24) is 0 Å². The molecule has 0 spiro atoms. The molecule has 0 saturated carbocycles. The van der Waals surface area contributed by atoms with E-state index < -0.39 is 0 Å². The Kier molecular flexibility index (Phi) is 5.38. The van der Waals surface area contributed by atoms with Crippen LogP contribution < -0.4 is 15.2 Å². The molecule has 0 saturated heterocycles. The second-order valence-electron chi connectivity index (χ2n) is 4.15. The van der Waals surface area contributed by atoms with Crippen molar-refractivity contribution < 1.29 is 13.9 Å². The quantitative estimate of drug-likeness (QED) is 0.819. The van der Waals surface area contributed by atoms with Crippen LogP contribution in [0, 0.1) is 5.82 Å². The summed E-state index contributed by atoms with van der Waals surface area (Å²) in [7, 11) is 0. The molecule has 2 aromatic carbocycles. The van der Waals surface area contributed by atoms with Crippen LogP contribution in [0.3, 0.4) is 0 Å². The maximum atomic E-state index is 13.1. The lowest BCUT2D eigenvalue weighted by molar-refractivity contribution is 0.216. The zero-order valence-electron chi connectivity index (χ0n) is 10.8. The van der Waals surface area contributed by atoms with Gasteiger partial charge in [0.15, 0.2) is 0 Å². The third kappa shape index (κ3) is 4.51. The molecular formula is C15H15BrFNO2. The number of nitrogens with two attached hydrogens (primary N) is 1. The maximum absolute atomic E-state index is 13.1. The fourth-order valence-electron chi connectivity index (χ4n) is 1.65. The van der Waals surface area contributed by atoms with Gasteiger partial charge in [0.05, 0.1) is 0 Å². The van der Waals surface area contributed by atoms with Crippen molar-refractivity contribution >= 4 is 15.9 Å². The van der Waals surface area contributed by atoms with Crippen molar-refractivity contribution in [2.45, 2.75) is 6.54 Å². The first-order valence-electron chi connectivity index (χ1n) is 6.18. The number of hydrogen-bond acceptors (Lipinski definition) is 3. The van der Waals surface area contributed by atoms with Crippen molar-refractivity contribution in [3.63, 3.8) is 0 Å². The van der Waals surface area contributed by atoms with Gasteiger partial charge in [-0.05, 0) is 29.8 Å². The Bertz CT molecular complexity index is 540. The molecule has 0 radical (unpaired) electrons. The second-order valence-corrected chi connectivity index (χ2v) is 5.07. The van der Waals surface area contributed by atoms with Crippen molar-refractivity contribution in [3.05, 3.63) is 58.3 Å². The number of ether oxygens (including phenoxy) is 2. The van der Waals surface area contributed by atoms with Gasteiger partial charge in [-0.15, -0.1) is 0 Å². The third-order valence-electron chi connectivity index (χ3n) is 2.62. The van der Waals surface area contributed by atoms with Gasteiger partial charge in [0, 0.05) is 17.1 Å². The van der Waals surface area contributed by atoms with Gasteiger partial charge in [-0.25, -0.2) is 4.39 Å². The predicted octanol–water partition coefficient (Wildman–Crippen LogP) is 3.50. The number of hydrogen-bond donors (Lipinski definition) is 1. The van der Waals surface area contributed by atoms with E-state index in [1.807, 2.05) is 24.3 Å². The highest BCUT2D eigenvalue weighted by Gasteiger charge is 2.00. The third-order valence-corrected chi connectivity index (χ3v) is 3.07. The highest BCUT2D eigenvalue weighted by atomic mass is 79.9. The summed E-state index contributed by atoms with van der Waals surface area (Å²) < 4.78 is 24.7. The summed E-state index contributed by atoms with van der Waals surface area (Å²) in [5.74, 6) is 0.887. The Morgan fingerprint density at radius 1 is 0.950 bits per heavy atom. The molecule has 0 aromatic heterocycles. The van der Waals surface area contributed by atoms with Crippen LogP contribution in [-0.2, 0) is 6.54 Å². The van der Waals surface area contributed by atoms with Gasteiger partial charge >= 0.3 is 0 Å². The summed E-state index contributed by atoms with van der Waals surface area (Å²) in [5, 5.41) is 0. The van der Waals surface area contributed by atoms with Gasteiger partial charge in [0.2, 0.25) is 0 Å². The van der Waals surface area contributed by atoms with Crippen molar-refractivity contribution in [2.24, 2.45) is 5.73 Å². The van der Waals surface area contributed by atoms with Crippen LogP contribution in [-0.4, -0.2) is 13.2 Å². The van der Waals surface area contributed by atoms with Crippen LogP contribution >= 0.6 is 15.9 Å². The fourth-order valence-corrected chi connectivity index (χ4v) is 2.10. The molecule has 0 aliphatic heterocycles. The van der Waals surface area contributed by atoms with E-state index in [1.54, 1.807) is 6.07 Å². The normalized spacial score (nSPS) is 10.3. The van der Waals surface area contributed by atoms with Crippen LogP contribution in [0.2, 0.25) is 0 Å². The molecule has 0 unspecified atom stereocenters. The van der Waals surface area contributed by atoms with Crippen LogP contribution in [0.4, 0.5) is 4.39 Å².